The summed E-state index contributed by atoms with van der Waals surface area (Å²) in [6.45, 7) is 0. The topological polar surface area (TPSA) is 8.17 Å². The smallest absolute Gasteiger partial charge is 0.0754 e. The van der Waals surface area contributed by atoms with Crippen LogP contribution in [0.4, 0.5) is 17.1 Å². The van der Waals surface area contributed by atoms with Gasteiger partial charge in [0.15, 0.2) is 0 Å². The van der Waals surface area contributed by atoms with Gasteiger partial charge in [0.25, 0.3) is 0 Å². The van der Waals surface area contributed by atoms with E-state index in [1.165, 1.54) is 99.8 Å². The summed E-state index contributed by atoms with van der Waals surface area (Å²) in [4.78, 5) is 2.39. The van der Waals surface area contributed by atoms with Gasteiger partial charge in [-0.25, -0.2) is 0 Å². The predicted octanol–water partition coefficient (Wildman–Crippen LogP) is 17.6. The summed E-state index contributed by atoms with van der Waals surface area (Å²) >= 11 is 0. The van der Waals surface area contributed by atoms with Crippen molar-refractivity contribution in [2.24, 2.45) is 0 Å². The lowest BCUT2D eigenvalue weighted by atomic mass is 9.65. The van der Waals surface area contributed by atoms with Gasteiger partial charge in [-0.1, -0.05) is 212 Å². The Kier molecular flexibility index (Phi) is 8.84. The molecule has 1 spiro atoms. The second kappa shape index (κ2) is 15.6. The molecule has 0 unspecified atom stereocenters. The highest BCUT2D eigenvalue weighted by Gasteiger charge is 2.50. The number of nitrogens with zero attached hydrogens (tertiary/aromatic N) is 2. The van der Waals surface area contributed by atoms with E-state index in [4.69, 9.17) is 0 Å². The van der Waals surface area contributed by atoms with Crippen LogP contribution in [0.3, 0.4) is 0 Å². The molecule has 2 nitrogen and oxygen atoms in total. The fourth-order valence-electron chi connectivity index (χ4n) is 11.8. The number of hydrogen-bond donors (Lipinski definition) is 0. The van der Waals surface area contributed by atoms with Crippen molar-refractivity contribution in [2.75, 3.05) is 4.90 Å². The molecule has 0 amide bonds. The molecule has 1 aromatic heterocycles. The van der Waals surface area contributed by atoms with Crippen molar-refractivity contribution in [1.82, 2.24) is 4.57 Å². The third kappa shape index (κ3) is 5.92. The predicted molar refractivity (Wildman–Crippen MR) is 288 cm³/mol. The highest BCUT2D eigenvalue weighted by molar-refractivity contribution is 6.14. The maximum atomic E-state index is 2.53. The van der Waals surface area contributed by atoms with Crippen molar-refractivity contribution >= 4 is 38.9 Å². The van der Waals surface area contributed by atoms with Gasteiger partial charge < -0.3 is 9.47 Å². The van der Waals surface area contributed by atoms with Crippen molar-refractivity contribution < 1.29 is 0 Å². The van der Waals surface area contributed by atoms with Gasteiger partial charge in [0, 0.05) is 27.8 Å². The van der Waals surface area contributed by atoms with Crippen LogP contribution in [0.25, 0.3) is 83.1 Å². The van der Waals surface area contributed by atoms with Gasteiger partial charge in [-0.3, -0.25) is 0 Å². The van der Waals surface area contributed by atoms with E-state index >= 15 is 0 Å². The Morgan fingerprint density at radius 3 is 1.41 bits per heavy atom. The normalized spacial score (nSPS) is 12.8. The number of anilines is 3. The zero-order valence-corrected chi connectivity index (χ0v) is 37.8. The Balaban J connectivity index is 0.910. The summed E-state index contributed by atoms with van der Waals surface area (Å²) in [6, 6.07) is 98.3. The van der Waals surface area contributed by atoms with E-state index in [1.807, 2.05) is 0 Å². The Bertz CT molecular complexity index is 3890. The monoisotopic (exact) mass is 876 g/mol. The minimum Gasteiger partial charge on any atom is -0.310 e. The lowest BCUT2D eigenvalue weighted by Crippen LogP contribution is -2.33. The van der Waals surface area contributed by atoms with Gasteiger partial charge in [-0.05, 0) is 132 Å². The first kappa shape index (κ1) is 39.2. The largest absolute Gasteiger partial charge is 0.310 e. The molecule has 2 heterocycles. The zero-order chi connectivity index (χ0) is 45.5. The second-order valence-corrected chi connectivity index (χ2v) is 18.4. The molecular formula is C67H44N2. The Morgan fingerprint density at radius 1 is 0.275 bits per heavy atom. The molecule has 0 atom stereocenters. The molecule has 322 valence electrons. The Labute approximate surface area is 402 Å². The van der Waals surface area contributed by atoms with Crippen molar-refractivity contribution in [3.63, 3.8) is 0 Å². The molecule has 0 saturated heterocycles. The molecule has 0 N–H and O–H groups in total. The van der Waals surface area contributed by atoms with E-state index < -0.39 is 5.41 Å². The number of para-hydroxylation sites is 2. The molecule has 69 heavy (non-hydrogen) atoms. The number of rotatable bonds is 7. The van der Waals surface area contributed by atoms with Crippen LogP contribution in [0.5, 0.6) is 0 Å². The van der Waals surface area contributed by atoms with Crippen LogP contribution in [0, 0.1) is 0 Å². The molecule has 11 aromatic carbocycles. The number of benzene rings is 11. The van der Waals surface area contributed by atoms with Crippen LogP contribution in [0.1, 0.15) is 22.3 Å². The number of fused-ring (bicyclic) bond motifs is 12. The third-order valence-corrected chi connectivity index (χ3v) is 14.8. The highest BCUT2D eigenvalue weighted by atomic mass is 15.1. The van der Waals surface area contributed by atoms with Crippen LogP contribution in [-0.4, -0.2) is 4.57 Å². The molecule has 0 saturated carbocycles. The molecule has 1 aliphatic heterocycles. The fourth-order valence-corrected chi connectivity index (χ4v) is 11.8. The van der Waals surface area contributed by atoms with E-state index in [0.717, 1.165) is 22.6 Å². The zero-order valence-electron chi connectivity index (χ0n) is 37.8. The fraction of sp³-hybridized carbons (Fsp3) is 0.0149. The average molecular weight is 877 g/mol. The molecule has 12 aromatic rings. The van der Waals surface area contributed by atoms with Gasteiger partial charge in [-0.2, -0.15) is 0 Å². The summed E-state index contributed by atoms with van der Waals surface area (Å²) in [7, 11) is 0. The van der Waals surface area contributed by atoms with Crippen LogP contribution in [0.2, 0.25) is 0 Å². The second-order valence-electron chi connectivity index (χ2n) is 18.4. The van der Waals surface area contributed by atoms with Crippen LogP contribution < -0.4 is 4.90 Å². The quantitative estimate of drug-likeness (QED) is 0.155. The molecule has 2 heteroatoms. The van der Waals surface area contributed by atoms with E-state index in [9.17, 15) is 0 Å². The van der Waals surface area contributed by atoms with Crippen LogP contribution in [-0.2, 0) is 5.41 Å². The summed E-state index contributed by atoms with van der Waals surface area (Å²) in [6.07, 6.45) is 0. The highest BCUT2D eigenvalue weighted by Crippen LogP contribution is 2.61. The molecule has 1 aliphatic carbocycles. The summed E-state index contributed by atoms with van der Waals surface area (Å²) in [5.41, 5.74) is 24.1. The first-order chi connectivity index (χ1) is 34.2. The SMILES string of the molecule is c1ccc(-c2ccc(N(c3ccc(-c4ccccc4-c4ccccc4)cc3)c3cccc(-c4ccc5c(c4)c4cccc6c4n5-c4ccccc4C64c5ccccc5-c5ccccc54)c3)cc2)cc1. The van der Waals surface area contributed by atoms with Crippen molar-refractivity contribution in [1.29, 1.82) is 0 Å². The third-order valence-electron chi connectivity index (χ3n) is 14.8. The molecular weight excluding hydrogens is 833 g/mol. The Hall–Kier alpha value is -8.98. The summed E-state index contributed by atoms with van der Waals surface area (Å²) in [5.74, 6) is 0. The maximum absolute atomic E-state index is 2.53. The molecule has 2 aliphatic rings. The minimum absolute atomic E-state index is 0.433. The van der Waals surface area contributed by atoms with E-state index in [2.05, 4.69) is 276 Å². The van der Waals surface area contributed by atoms with Gasteiger partial charge in [0.05, 0.1) is 22.1 Å². The molecule has 14 rings (SSSR count). The first-order valence-corrected chi connectivity index (χ1v) is 23.9. The lowest BCUT2D eigenvalue weighted by molar-refractivity contribution is 0.748. The summed E-state index contributed by atoms with van der Waals surface area (Å²) in [5, 5.41) is 2.52. The lowest BCUT2D eigenvalue weighted by Gasteiger charge is -2.39. The minimum atomic E-state index is -0.433. The van der Waals surface area contributed by atoms with E-state index in [1.54, 1.807) is 0 Å². The van der Waals surface area contributed by atoms with Gasteiger partial charge in [0.2, 0.25) is 0 Å². The number of hydrogen-bond acceptors (Lipinski definition) is 1. The van der Waals surface area contributed by atoms with Crippen LogP contribution in [0.15, 0.2) is 267 Å². The molecule has 0 fully saturated rings. The van der Waals surface area contributed by atoms with Gasteiger partial charge >= 0.3 is 0 Å². The average Bonchev–Trinajstić information content (AvgIpc) is 3.92. The van der Waals surface area contributed by atoms with Crippen molar-refractivity contribution in [3.8, 4) is 61.3 Å². The molecule has 0 radical (unpaired) electrons. The molecule has 0 bridgehead atoms. The van der Waals surface area contributed by atoms with Crippen molar-refractivity contribution in [3.05, 3.63) is 289 Å². The van der Waals surface area contributed by atoms with Crippen molar-refractivity contribution in [2.45, 2.75) is 5.41 Å². The standard InChI is InChI=1S/C67H44N2/c1-3-17-45(18-4-1)46-33-38-51(39-34-46)68(52-40-35-48(36-41-52)55-24-8-7-23-54(55)47-19-5-2-6-20-47)53-22-15-21-49(43-53)50-37-42-64-59(44-50)58-27-16-31-63-66(58)69(64)65-32-14-13-30-62(65)67(63)60-28-11-9-25-56(60)57-26-10-12-29-61(57)67/h1-44H. The maximum Gasteiger partial charge on any atom is 0.0754 e. The van der Waals surface area contributed by atoms with Gasteiger partial charge in [0.1, 0.15) is 0 Å². The van der Waals surface area contributed by atoms with E-state index in [-0.39, 0.29) is 0 Å². The first-order valence-electron chi connectivity index (χ1n) is 23.9. The number of aromatic nitrogens is 1. The Morgan fingerprint density at radius 2 is 0.739 bits per heavy atom. The van der Waals surface area contributed by atoms with Crippen LogP contribution >= 0.6 is 0 Å². The van der Waals surface area contributed by atoms with E-state index in [0.29, 0.717) is 0 Å². The summed E-state index contributed by atoms with van der Waals surface area (Å²) < 4.78 is 2.53. The van der Waals surface area contributed by atoms with Gasteiger partial charge in [-0.15, -0.1) is 0 Å².